The molecule has 0 atom stereocenters. The van der Waals surface area contributed by atoms with Crippen molar-refractivity contribution < 1.29 is 4.74 Å². The Morgan fingerprint density at radius 3 is 2.00 bits per heavy atom. The van der Waals surface area contributed by atoms with E-state index in [1.54, 1.807) is 30.3 Å². The zero-order chi connectivity index (χ0) is 12.3. The van der Waals surface area contributed by atoms with Crippen LogP contribution in [-0.2, 0) is 6.61 Å². The van der Waals surface area contributed by atoms with E-state index in [1.165, 1.54) is 0 Å². The Bertz CT molecular complexity index is 506. The highest BCUT2D eigenvalue weighted by Gasteiger charge is 2.07. The topological polar surface area (TPSA) is 9.23 Å². The molecule has 4 heteroatoms. The maximum Gasteiger partial charge on any atom is 0.138 e. The van der Waals surface area contributed by atoms with Crippen molar-refractivity contribution in [1.29, 1.82) is 0 Å². The molecule has 0 saturated carbocycles. The van der Waals surface area contributed by atoms with Gasteiger partial charge >= 0.3 is 0 Å². The normalized spacial score (nSPS) is 10.3. The highest BCUT2D eigenvalue weighted by molar-refractivity contribution is 6.36. The summed E-state index contributed by atoms with van der Waals surface area (Å²) in [5.41, 5.74) is 0.760. The zero-order valence-corrected chi connectivity index (χ0v) is 11.1. The molecule has 0 spiro atoms. The van der Waals surface area contributed by atoms with Crippen LogP contribution in [-0.4, -0.2) is 0 Å². The van der Waals surface area contributed by atoms with Gasteiger partial charge in [-0.15, -0.1) is 0 Å². The molecule has 0 aliphatic carbocycles. The van der Waals surface area contributed by atoms with Gasteiger partial charge in [-0.2, -0.15) is 0 Å². The van der Waals surface area contributed by atoms with Crippen molar-refractivity contribution in [3.63, 3.8) is 0 Å². The predicted octanol–water partition coefficient (Wildman–Crippen LogP) is 5.23. The van der Waals surface area contributed by atoms with Crippen molar-refractivity contribution in [3.05, 3.63) is 63.1 Å². The summed E-state index contributed by atoms with van der Waals surface area (Å²) in [4.78, 5) is 0. The van der Waals surface area contributed by atoms with Crippen LogP contribution in [0.2, 0.25) is 15.1 Å². The van der Waals surface area contributed by atoms with E-state index < -0.39 is 0 Å². The summed E-state index contributed by atoms with van der Waals surface area (Å²) in [6.45, 7) is 0.294. The van der Waals surface area contributed by atoms with E-state index in [-0.39, 0.29) is 0 Å². The Balaban J connectivity index is 2.16. The van der Waals surface area contributed by atoms with Crippen LogP contribution in [0.15, 0.2) is 42.5 Å². The molecule has 0 saturated heterocycles. The third-order valence-corrected chi connectivity index (χ3v) is 3.29. The van der Waals surface area contributed by atoms with Gasteiger partial charge in [-0.1, -0.05) is 53.0 Å². The summed E-state index contributed by atoms with van der Waals surface area (Å²) < 4.78 is 5.58. The van der Waals surface area contributed by atoms with Crippen molar-refractivity contribution in [3.8, 4) is 5.75 Å². The van der Waals surface area contributed by atoms with E-state index in [0.717, 1.165) is 5.56 Å². The summed E-state index contributed by atoms with van der Waals surface area (Å²) in [7, 11) is 0. The van der Waals surface area contributed by atoms with Gasteiger partial charge in [-0.05, 0) is 24.3 Å². The molecule has 17 heavy (non-hydrogen) atoms. The molecule has 2 rings (SSSR count). The summed E-state index contributed by atoms with van der Waals surface area (Å²) in [6.07, 6.45) is 0. The van der Waals surface area contributed by atoms with Crippen LogP contribution in [0.5, 0.6) is 5.75 Å². The van der Waals surface area contributed by atoms with Gasteiger partial charge in [-0.3, -0.25) is 0 Å². The van der Waals surface area contributed by atoms with Gasteiger partial charge in [-0.25, -0.2) is 0 Å². The smallest absolute Gasteiger partial charge is 0.138 e. The lowest BCUT2D eigenvalue weighted by Crippen LogP contribution is -1.97. The Kier molecular flexibility index (Phi) is 4.16. The van der Waals surface area contributed by atoms with E-state index in [9.17, 15) is 0 Å². The van der Waals surface area contributed by atoms with Crippen molar-refractivity contribution in [2.75, 3.05) is 0 Å². The summed E-state index contributed by atoms with van der Waals surface area (Å²) in [6, 6.07) is 12.6. The molecular formula is C13H9Cl3O. The molecule has 0 aromatic heterocycles. The molecule has 0 radical (unpaired) electrons. The monoisotopic (exact) mass is 286 g/mol. The molecule has 0 fully saturated rings. The number of benzene rings is 2. The molecule has 2 aromatic rings. The summed E-state index contributed by atoms with van der Waals surface area (Å²) in [5.74, 6) is 0.616. The van der Waals surface area contributed by atoms with Crippen molar-refractivity contribution in [2.45, 2.75) is 6.61 Å². The first-order valence-electron chi connectivity index (χ1n) is 4.98. The third kappa shape index (κ3) is 3.06. The molecule has 0 unspecified atom stereocenters. The minimum Gasteiger partial charge on any atom is -0.487 e. The average molecular weight is 288 g/mol. The SMILES string of the molecule is Clc1ccccc1OCc1c(Cl)cccc1Cl. The van der Waals surface area contributed by atoms with Gasteiger partial charge in [0.05, 0.1) is 5.02 Å². The van der Waals surface area contributed by atoms with Gasteiger partial charge in [0, 0.05) is 15.6 Å². The maximum absolute atomic E-state index is 6.04. The number of rotatable bonds is 3. The fourth-order valence-electron chi connectivity index (χ4n) is 1.38. The Morgan fingerprint density at radius 1 is 0.765 bits per heavy atom. The molecule has 0 N–H and O–H groups in total. The van der Waals surface area contributed by atoms with Crippen LogP contribution in [0.25, 0.3) is 0 Å². The molecule has 88 valence electrons. The summed E-state index contributed by atoms with van der Waals surface area (Å²) in [5, 5.41) is 1.74. The van der Waals surface area contributed by atoms with Crippen LogP contribution in [0, 0.1) is 0 Å². The lowest BCUT2D eigenvalue weighted by molar-refractivity contribution is 0.306. The summed E-state index contributed by atoms with van der Waals surface area (Å²) >= 11 is 18.1. The molecule has 2 aromatic carbocycles. The maximum atomic E-state index is 6.04. The van der Waals surface area contributed by atoms with Gasteiger partial charge in [0.2, 0.25) is 0 Å². The zero-order valence-electron chi connectivity index (χ0n) is 8.79. The Morgan fingerprint density at radius 2 is 1.35 bits per heavy atom. The van der Waals surface area contributed by atoms with E-state index >= 15 is 0 Å². The van der Waals surface area contributed by atoms with Crippen molar-refractivity contribution >= 4 is 34.8 Å². The van der Waals surface area contributed by atoms with Gasteiger partial charge < -0.3 is 4.74 Å². The van der Waals surface area contributed by atoms with Crippen molar-refractivity contribution in [1.82, 2.24) is 0 Å². The first-order chi connectivity index (χ1) is 8.18. The molecule has 0 aliphatic rings. The number of ether oxygens (including phenoxy) is 1. The number of para-hydroxylation sites is 1. The first kappa shape index (κ1) is 12.6. The standard InChI is InChI=1S/C13H9Cl3O/c14-10-5-3-6-11(15)9(10)8-17-13-7-2-1-4-12(13)16/h1-7H,8H2. The minimum atomic E-state index is 0.294. The molecule has 0 aliphatic heterocycles. The molecule has 0 heterocycles. The van der Waals surface area contributed by atoms with E-state index in [0.29, 0.717) is 27.4 Å². The van der Waals surface area contributed by atoms with Gasteiger partial charge in [0.15, 0.2) is 0 Å². The Hall–Kier alpha value is -0.890. The number of halogens is 3. The van der Waals surface area contributed by atoms with Crippen LogP contribution < -0.4 is 4.74 Å². The number of hydrogen-bond acceptors (Lipinski definition) is 1. The number of hydrogen-bond donors (Lipinski definition) is 0. The lowest BCUT2D eigenvalue weighted by atomic mass is 10.2. The minimum absolute atomic E-state index is 0.294. The largest absolute Gasteiger partial charge is 0.487 e. The highest BCUT2D eigenvalue weighted by Crippen LogP contribution is 2.28. The third-order valence-electron chi connectivity index (χ3n) is 2.27. The van der Waals surface area contributed by atoms with Crippen molar-refractivity contribution in [2.24, 2.45) is 0 Å². The van der Waals surface area contributed by atoms with Crippen LogP contribution in [0.1, 0.15) is 5.56 Å². The molecule has 0 bridgehead atoms. The van der Waals surface area contributed by atoms with Crippen LogP contribution in [0.3, 0.4) is 0 Å². The van der Waals surface area contributed by atoms with E-state index in [4.69, 9.17) is 39.5 Å². The lowest BCUT2D eigenvalue weighted by Gasteiger charge is -2.10. The van der Waals surface area contributed by atoms with Crippen LogP contribution >= 0.6 is 34.8 Å². The highest BCUT2D eigenvalue weighted by atomic mass is 35.5. The Labute approximate surface area is 115 Å². The van der Waals surface area contributed by atoms with Crippen LogP contribution in [0.4, 0.5) is 0 Å². The molecule has 0 amide bonds. The molecular weight excluding hydrogens is 279 g/mol. The second kappa shape index (κ2) is 5.63. The second-order valence-electron chi connectivity index (χ2n) is 3.42. The van der Waals surface area contributed by atoms with E-state index in [2.05, 4.69) is 0 Å². The second-order valence-corrected chi connectivity index (χ2v) is 4.64. The predicted molar refractivity (Wildman–Crippen MR) is 72.2 cm³/mol. The fourth-order valence-corrected chi connectivity index (χ4v) is 2.08. The van der Waals surface area contributed by atoms with Gasteiger partial charge in [0.25, 0.3) is 0 Å². The van der Waals surface area contributed by atoms with Gasteiger partial charge in [0.1, 0.15) is 12.4 Å². The first-order valence-corrected chi connectivity index (χ1v) is 6.12. The molecule has 1 nitrogen and oxygen atoms in total. The average Bonchev–Trinajstić information content (AvgIpc) is 2.30. The van der Waals surface area contributed by atoms with E-state index in [1.807, 2.05) is 12.1 Å². The quantitative estimate of drug-likeness (QED) is 0.751. The fraction of sp³-hybridized carbons (Fsp3) is 0.0769.